The van der Waals surface area contributed by atoms with Gasteiger partial charge in [-0.05, 0) is 6.42 Å². The number of carbonyl (C=O) groups excluding carboxylic acids is 1. The molecule has 1 amide bonds. The smallest absolute Gasteiger partial charge is 0.271 e. The van der Waals surface area contributed by atoms with Crippen LogP contribution < -0.4 is 11.1 Å². The van der Waals surface area contributed by atoms with E-state index in [1.807, 2.05) is 6.92 Å². The largest absolute Gasteiger partial charge is 0.382 e. The van der Waals surface area contributed by atoms with E-state index in [9.17, 15) is 9.00 Å². The first-order valence-corrected chi connectivity index (χ1v) is 6.80. The Labute approximate surface area is 102 Å². The molecule has 1 aromatic rings. The van der Waals surface area contributed by atoms with Crippen molar-refractivity contribution in [2.75, 3.05) is 18.5 Å². The molecule has 0 saturated carbocycles. The fourth-order valence-electron chi connectivity index (χ4n) is 1.14. The highest BCUT2D eigenvalue weighted by Gasteiger charge is 2.10. The molecule has 17 heavy (non-hydrogen) atoms. The van der Waals surface area contributed by atoms with E-state index >= 15 is 0 Å². The molecule has 0 aliphatic carbocycles. The van der Waals surface area contributed by atoms with Crippen LogP contribution in [-0.2, 0) is 10.8 Å². The third-order valence-electron chi connectivity index (χ3n) is 2.29. The molecule has 0 spiro atoms. The number of anilines is 1. The summed E-state index contributed by atoms with van der Waals surface area (Å²) in [6, 6.07) is 0. The van der Waals surface area contributed by atoms with Crippen LogP contribution in [0.4, 0.5) is 5.82 Å². The first-order valence-electron chi connectivity index (χ1n) is 5.18. The maximum atomic E-state index is 11.6. The van der Waals surface area contributed by atoms with Crippen molar-refractivity contribution in [3.05, 3.63) is 18.1 Å². The molecule has 1 rings (SSSR count). The molecule has 0 saturated heterocycles. The van der Waals surface area contributed by atoms with Crippen LogP contribution in [-0.4, -0.2) is 38.1 Å². The summed E-state index contributed by atoms with van der Waals surface area (Å²) in [4.78, 5) is 19.2. The van der Waals surface area contributed by atoms with Crippen LogP contribution in [0.1, 0.15) is 23.8 Å². The second-order valence-corrected chi connectivity index (χ2v) is 5.48. The van der Waals surface area contributed by atoms with Crippen LogP contribution in [0.15, 0.2) is 12.4 Å². The predicted octanol–water partition coefficient (Wildman–Crippen LogP) is -0.0543. The van der Waals surface area contributed by atoms with E-state index in [4.69, 9.17) is 5.73 Å². The van der Waals surface area contributed by atoms with E-state index in [2.05, 4.69) is 15.3 Å². The van der Waals surface area contributed by atoms with Gasteiger partial charge in [-0.1, -0.05) is 6.92 Å². The monoisotopic (exact) mass is 256 g/mol. The zero-order chi connectivity index (χ0) is 12.8. The number of nitrogen functional groups attached to an aromatic ring is 1. The average Bonchev–Trinajstić information content (AvgIpc) is 2.28. The summed E-state index contributed by atoms with van der Waals surface area (Å²) in [5, 5.41) is 2.74. The third kappa shape index (κ3) is 4.48. The third-order valence-corrected chi connectivity index (χ3v) is 3.66. The maximum absolute atomic E-state index is 11.6. The Kier molecular flexibility index (Phi) is 5.02. The lowest BCUT2D eigenvalue weighted by Crippen LogP contribution is -2.28. The van der Waals surface area contributed by atoms with Gasteiger partial charge in [-0.2, -0.15) is 0 Å². The number of hydrogen-bond donors (Lipinski definition) is 2. The Bertz CT molecular complexity index is 425. The van der Waals surface area contributed by atoms with Crippen molar-refractivity contribution < 1.29 is 9.00 Å². The summed E-state index contributed by atoms with van der Waals surface area (Å²) in [5.74, 6) is -0.112. The highest BCUT2D eigenvalue weighted by atomic mass is 32.2. The van der Waals surface area contributed by atoms with Crippen LogP contribution in [0.5, 0.6) is 0 Å². The maximum Gasteiger partial charge on any atom is 0.271 e. The zero-order valence-electron chi connectivity index (χ0n) is 9.84. The topological polar surface area (TPSA) is 98.0 Å². The van der Waals surface area contributed by atoms with Crippen LogP contribution in [0.3, 0.4) is 0 Å². The number of nitrogens with two attached hydrogens (primary N) is 1. The average molecular weight is 256 g/mol. The van der Waals surface area contributed by atoms with Crippen molar-refractivity contribution in [2.24, 2.45) is 0 Å². The lowest BCUT2D eigenvalue weighted by Gasteiger charge is -2.08. The van der Waals surface area contributed by atoms with Gasteiger partial charge in [0.05, 0.1) is 12.4 Å². The van der Waals surface area contributed by atoms with Crippen LogP contribution in [0.25, 0.3) is 0 Å². The summed E-state index contributed by atoms with van der Waals surface area (Å²) in [5.41, 5.74) is 5.61. The minimum atomic E-state index is -0.872. The molecular weight excluding hydrogens is 240 g/mol. The number of hydrogen-bond acceptors (Lipinski definition) is 5. The Hall–Kier alpha value is -1.50. The van der Waals surface area contributed by atoms with Gasteiger partial charge in [0, 0.05) is 28.9 Å². The van der Waals surface area contributed by atoms with Gasteiger partial charge in [0.2, 0.25) is 0 Å². The number of amides is 1. The molecule has 7 heteroatoms. The molecule has 0 bridgehead atoms. The number of carbonyl (C=O) groups is 1. The molecule has 6 nitrogen and oxygen atoms in total. The van der Waals surface area contributed by atoms with Crippen LogP contribution >= 0.6 is 0 Å². The van der Waals surface area contributed by atoms with Crippen molar-refractivity contribution in [3.8, 4) is 0 Å². The van der Waals surface area contributed by atoms with E-state index < -0.39 is 10.8 Å². The molecule has 1 aromatic heterocycles. The van der Waals surface area contributed by atoms with Crippen molar-refractivity contribution in [3.63, 3.8) is 0 Å². The lowest BCUT2D eigenvalue weighted by atomic mass is 10.3. The zero-order valence-corrected chi connectivity index (χ0v) is 10.7. The van der Waals surface area contributed by atoms with Crippen molar-refractivity contribution in [2.45, 2.75) is 18.6 Å². The quantitative estimate of drug-likeness (QED) is 0.769. The van der Waals surface area contributed by atoms with Gasteiger partial charge in [-0.25, -0.2) is 4.98 Å². The molecule has 0 aromatic carbocycles. The predicted molar refractivity (Wildman–Crippen MR) is 66.9 cm³/mol. The first kappa shape index (κ1) is 13.6. The normalized spacial score (nSPS) is 14.0. The summed E-state index contributed by atoms with van der Waals surface area (Å²) in [7, 11) is -0.872. The first-order chi connectivity index (χ1) is 8.00. The summed E-state index contributed by atoms with van der Waals surface area (Å²) < 4.78 is 11.1. The van der Waals surface area contributed by atoms with Gasteiger partial charge in [-0.3, -0.25) is 14.0 Å². The Morgan fingerprint density at radius 3 is 2.88 bits per heavy atom. The Balaban J connectivity index is 2.43. The van der Waals surface area contributed by atoms with E-state index in [0.29, 0.717) is 13.0 Å². The summed E-state index contributed by atoms with van der Waals surface area (Å²) in [6.07, 6.45) is 5.03. The number of rotatable bonds is 5. The van der Waals surface area contributed by atoms with Gasteiger partial charge >= 0.3 is 0 Å². The second kappa shape index (κ2) is 6.29. The highest BCUT2D eigenvalue weighted by Crippen LogP contribution is 1.99. The SMILES string of the molecule is CC(CCNC(=O)c1cncc(N)n1)S(C)=O. The molecule has 0 aliphatic rings. The van der Waals surface area contributed by atoms with Crippen molar-refractivity contribution in [1.82, 2.24) is 15.3 Å². The molecule has 2 atom stereocenters. The fraction of sp³-hybridized carbons (Fsp3) is 0.500. The van der Waals surface area contributed by atoms with E-state index in [-0.39, 0.29) is 22.7 Å². The lowest BCUT2D eigenvalue weighted by molar-refractivity contribution is 0.0948. The summed E-state index contributed by atoms with van der Waals surface area (Å²) >= 11 is 0. The van der Waals surface area contributed by atoms with Crippen molar-refractivity contribution in [1.29, 1.82) is 0 Å². The van der Waals surface area contributed by atoms with Crippen molar-refractivity contribution >= 4 is 22.5 Å². The molecule has 0 fully saturated rings. The minimum Gasteiger partial charge on any atom is -0.382 e. The van der Waals surface area contributed by atoms with Crippen LogP contribution in [0.2, 0.25) is 0 Å². The molecule has 1 heterocycles. The molecular formula is C10H16N4O2S. The van der Waals surface area contributed by atoms with Gasteiger partial charge in [0.15, 0.2) is 0 Å². The van der Waals surface area contributed by atoms with Gasteiger partial charge in [0.25, 0.3) is 5.91 Å². The standard InChI is InChI=1S/C10H16N4O2S/c1-7(17(2)16)3-4-13-10(15)8-5-12-6-9(11)14-8/h5-7H,3-4H2,1-2H3,(H2,11,14)(H,13,15). The number of nitrogens with one attached hydrogen (secondary N) is 1. The highest BCUT2D eigenvalue weighted by molar-refractivity contribution is 7.84. The van der Waals surface area contributed by atoms with Gasteiger partial charge in [-0.15, -0.1) is 0 Å². The van der Waals surface area contributed by atoms with E-state index in [1.54, 1.807) is 6.26 Å². The number of aromatic nitrogens is 2. The second-order valence-electron chi connectivity index (χ2n) is 3.68. The van der Waals surface area contributed by atoms with Crippen LogP contribution in [0, 0.1) is 0 Å². The molecule has 3 N–H and O–H groups in total. The molecule has 94 valence electrons. The van der Waals surface area contributed by atoms with Gasteiger partial charge < -0.3 is 11.1 Å². The van der Waals surface area contributed by atoms with E-state index in [1.165, 1.54) is 12.4 Å². The number of nitrogens with zero attached hydrogens (tertiary/aromatic N) is 2. The van der Waals surface area contributed by atoms with E-state index in [0.717, 1.165) is 0 Å². The summed E-state index contributed by atoms with van der Waals surface area (Å²) in [6.45, 7) is 2.33. The molecule has 0 radical (unpaired) electrons. The fourth-order valence-corrected chi connectivity index (χ4v) is 1.59. The van der Waals surface area contributed by atoms with Gasteiger partial charge in [0.1, 0.15) is 11.5 Å². The molecule has 2 unspecified atom stereocenters. The Morgan fingerprint density at radius 1 is 1.59 bits per heavy atom. The Morgan fingerprint density at radius 2 is 2.29 bits per heavy atom. The minimum absolute atomic E-state index is 0.0576. The molecule has 0 aliphatic heterocycles.